The smallest absolute Gasteiger partial charge is 0.459 e. The molecule has 0 aromatic rings. The van der Waals surface area contributed by atoms with E-state index in [4.69, 9.17) is 37.9 Å². The Kier molecular flexibility index (Phi) is 23.0. The molecule has 0 unspecified atom stereocenters. The second kappa shape index (κ2) is 24.1. The van der Waals surface area contributed by atoms with E-state index in [0.29, 0.717) is 0 Å². The Balaban J connectivity index is 3.48. The highest BCUT2D eigenvalue weighted by Gasteiger charge is 2.78. The van der Waals surface area contributed by atoms with Crippen LogP contribution in [0, 0.1) is 0 Å². The molecule has 0 aromatic heterocycles. The predicted octanol–water partition coefficient (Wildman–Crippen LogP) is 3.87. The van der Waals surface area contributed by atoms with Crippen molar-refractivity contribution in [2.24, 2.45) is 0 Å². The highest BCUT2D eigenvalue weighted by atomic mass is 19.4. The predicted molar refractivity (Wildman–Crippen MR) is 140 cm³/mol. The number of esters is 2. The summed E-state index contributed by atoms with van der Waals surface area (Å²) in [7, 11) is 0. The standard InChI is InChI=1S/C26H36F14O12/c27-21(28,23(31,32)25(35,36)37)19(41)51-17-15-49-13-11-47-9-7-45-5-3-43-1-2-44-4-6-46-8-10-48-12-14-50-16-18-52-20(42)22(29,30)24(33,34)26(38,39)40/h1-18H2. The highest BCUT2D eigenvalue weighted by molar-refractivity contribution is 5.79. The van der Waals surface area contributed by atoms with Crippen molar-refractivity contribution in [2.75, 3.05) is 119 Å². The quantitative estimate of drug-likeness (QED) is 0.0574. The highest BCUT2D eigenvalue weighted by Crippen LogP contribution is 2.48. The molecular formula is C26H36F14O12. The Morgan fingerprint density at radius 1 is 0.288 bits per heavy atom. The fourth-order valence-electron chi connectivity index (χ4n) is 2.82. The van der Waals surface area contributed by atoms with Gasteiger partial charge >= 0.3 is 48.0 Å². The van der Waals surface area contributed by atoms with Crippen LogP contribution in [0.2, 0.25) is 0 Å². The average Bonchev–Trinajstić information content (AvgIpc) is 3.04. The number of hydrogen-bond acceptors (Lipinski definition) is 12. The molecule has 0 aliphatic carbocycles. The summed E-state index contributed by atoms with van der Waals surface area (Å²) < 4.78 is 224. The third kappa shape index (κ3) is 17.6. The van der Waals surface area contributed by atoms with Gasteiger partial charge in [0, 0.05) is 0 Å². The first kappa shape index (κ1) is 49.6. The molecule has 0 aliphatic heterocycles. The normalized spacial score (nSPS) is 13.4. The van der Waals surface area contributed by atoms with Crippen LogP contribution in [0.15, 0.2) is 0 Å². The van der Waals surface area contributed by atoms with Crippen molar-refractivity contribution in [3.8, 4) is 0 Å². The summed E-state index contributed by atoms with van der Waals surface area (Å²) in [4.78, 5) is 21.9. The fraction of sp³-hybridized carbons (Fsp3) is 0.923. The van der Waals surface area contributed by atoms with Crippen molar-refractivity contribution in [1.82, 2.24) is 0 Å². The molecule has 0 saturated heterocycles. The molecule has 0 heterocycles. The van der Waals surface area contributed by atoms with Gasteiger partial charge < -0.3 is 47.4 Å². The van der Waals surface area contributed by atoms with Crippen molar-refractivity contribution in [3.05, 3.63) is 0 Å². The van der Waals surface area contributed by atoms with Crippen LogP contribution in [0.1, 0.15) is 0 Å². The van der Waals surface area contributed by atoms with Gasteiger partial charge in [0.15, 0.2) is 0 Å². The molecule has 26 heteroatoms. The van der Waals surface area contributed by atoms with Crippen LogP contribution in [0.5, 0.6) is 0 Å². The van der Waals surface area contributed by atoms with Gasteiger partial charge in [-0.15, -0.1) is 0 Å². The molecule has 310 valence electrons. The number of rotatable bonds is 31. The van der Waals surface area contributed by atoms with Gasteiger partial charge in [-0.1, -0.05) is 0 Å². The first-order valence-electron chi connectivity index (χ1n) is 14.7. The van der Waals surface area contributed by atoms with Gasteiger partial charge in [-0.25, -0.2) is 9.59 Å². The maximum Gasteiger partial charge on any atom is 0.460 e. The van der Waals surface area contributed by atoms with Crippen LogP contribution < -0.4 is 0 Å². The molecule has 0 amide bonds. The van der Waals surface area contributed by atoms with Crippen molar-refractivity contribution in [1.29, 1.82) is 0 Å². The van der Waals surface area contributed by atoms with E-state index in [1.165, 1.54) is 0 Å². The van der Waals surface area contributed by atoms with Crippen molar-refractivity contribution in [3.63, 3.8) is 0 Å². The lowest BCUT2D eigenvalue weighted by Gasteiger charge is -2.26. The number of halogens is 14. The van der Waals surface area contributed by atoms with E-state index in [2.05, 4.69) is 9.47 Å². The number of carbonyl (C=O) groups excluding carboxylic acids is 2. The van der Waals surface area contributed by atoms with Gasteiger partial charge in [-0.3, -0.25) is 0 Å². The van der Waals surface area contributed by atoms with E-state index in [9.17, 15) is 71.1 Å². The number of alkyl halides is 14. The average molecular weight is 807 g/mol. The minimum atomic E-state index is -6.66. The van der Waals surface area contributed by atoms with E-state index < -0.39 is 74.4 Å². The van der Waals surface area contributed by atoms with E-state index in [1.807, 2.05) is 0 Å². The van der Waals surface area contributed by atoms with E-state index in [0.717, 1.165) is 0 Å². The number of ether oxygens (including phenoxy) is 10. The zero-order valence-corrected chi connectivity index (χ0v) is 26.9. The molecular weight excluding hydrogens is 770 g/mol. The molecule has 0 spiro atoms. The Labute approximate surface area is 286 Å². The summed E-state index contributed by atoms with van der Waals surface area (Å²) in [6, 6.07) is 0. The lowest BCUT2D eigenvalue weighted by atomic mass is 10.1. The largest absolute Gasteiger partial charge is 0.460 e. The zero-order valence-electron chi connectivity index (χ0n) is 26.9. The van der Waals surface area contributed by atoms with E-state index >= 15 is 0 Å². The molecule has 0 N–H and O–H groups in total. The molecule has 0 saturated carbocycles. The second-order valence-corrected chi connectivity index (χ2v) is 9.46. The summed E-state index contributed by atoms with van der Waals surface area (Å²) in [5.41, 5.74) is 0. The van der Waals surface area contributed by atoms with Gasteiger partial charge in [-0.2, -0.15) is 61.5 Å². The molecule has 0 atom stereocenters. The van der Waals surface area contributed by atoms with Gasteiger partial charge in [-0.05, 0) is 0 Å². The van der Waals surface area contributed by atoms with Crippen molar-refractivity contribution >= 4 is 11.9 Å². The molecule has 0 radical (unpaired) electrons. The van der Waals surface area contributed by atoms with Gasteiger partial charge in [0.05, 0.1) is 106 Å². The van der Waals surface area contributed by atoms with Crippen LogP contribution in [-0.2, 0) is 57.0 Å². The van der Waals surface area contributed by atoms with Crippen LogP contribution >= 0.6 is 0 Å². The lowest BCUT2D eigenvalue weighted by molar-refractivity contribution is -0.348. The van der Waals surface area contributed by atoms with Crippen molar-refractivity contribution in [2.45, 2.75) is 36.0 Å². The van der Waals surface area contributed by atoms with E-state index in [-0.39, 0.29) is 92.5 Å². The third-order valence-electron chi connectivity index (χ3n) is 5.54. The summed E-state index contributed by atoms with van der Waals surface area (Å²) in [6.07, 6.45) is -13.3. The minimum Gasteiger partial charge on any atom is -0.459 e. The monoisotopic (exact) mass is 806 g/mol. The van der Waals surface area contributed by atoms with Crippen molar-refractivity contribution < 1.29 is 118 Å². The number of carbonyl (C=O) groups is 2. The third-order valence-corrected chi connectivity index (χ3v) is 5.54. The molecule has 0 fully saturated rings. The minimum absolute atomic E-state index is 0.0329. The summed E-state index contributed by atoms with van der Waals surface area (Å²) >= 11 is 0. The molecule has 0 aromatic carbocycles. The van der Waals surface area contributed by atoms with Crippen LogP contribution in [0.4, 0.5) is 61.5 Å². The Morgan fingerprint density at radius 3 is 0.596 bits per heavy atom. The Bertz CT molecular complexity index is 909. The maximum absolute atomic E-state index is 13.1. The van der Waals surface area contributed by atoms with Gasteiger partial charge in [0.25, 0.3) is 0 Å². The number of hydrogen-bond donors (Lipinski definition) is 0. The fourth-order valence-corrected chi connectivity index (χ4v) is 2.82. The summed E-state index contributed by atoms with van der Waals surface area (Å²) in [5, 5.41) is 0. The first-order chi connectivity index (χ1) is 24.0. The van der Waals surface area contributed by atoms with Crippen LogP contribution in [-0.4, -0.2) is 167 Å². The first-order valence-corrected chi connectivity index (χ1v) is 14.7. The molecule has 0 bridgehead atoms. The molecule has 0 rings (SSSR count). The summed E-state index contributed by atoms with van der Waals surface area (Å²) in [5.74, 6) is -31.6. The Hall–Kier alpha value is -2.36. The second-order valence-electron chi connectivity index (χ2n) is 9.46. The molecule has 0 aliphatic rings. The molecule has 52 heavy (non-hydrogen) atoms. The van der Waals surface area contributed by atoms with Crippen LogP contribution in [0.3, 0.4) is 0 Å². The van der Waals surface area contributed by atoms with Crippen LogP contribution in [0.25, 0.3) is 0 Å². The Morgan fingerprint density at radius 2 is 0.442 bits per heavy atom. The molecule has 12 nitrogen and oxygen atoms in total. The van der Waals surface area contributed by atoms with E-state index in [1.54, 1.807) is 0 Å². The van der Waals surface area contributed by atoms with Gasteiger partial charge in [0.2, 0.25) is 0 Å². The van der Waals surface area contributed by atoms with Gasteiger partial charge in [0.1, 0.15) is 13.2 Å². The zero-order chi connectivity index (χ0) is 40.0. The SMILES string of the molecule is O=C(OCCOCCOCCOCCOCCOCCOCCOCCOCCOC(=O)C(F)(F)C(F)(F)C(F)(F)F)C(F)(F)C(F)(F)C(F)(F)F. The maximum atomic E-state index is 13.1. The summed E-state index contributed by atoms with van der Waals surface area (Å²) in [6.45, 7) is -1.68. The lowest BCUT2D eigenvalue weighted by Crippen LogP contribution is -2.56. The topological polar surface area (TPSA) is 126 Å².